The van der Waals surface area contributed by atoms with E-state index in [1.807, 2.05) is 18.2 Å². The van der Waals surface area contributed by atoms with Gasteiger partial charge in [-0.25, -0.2) is 4.39 Å². The van der Waals surface area contributed by atoms with Crippen molar-refractivity contribution in [3.63, 3.8) is 0 Å². The molecule has 0 bridgehead atoms. The molecule has 164 valence electrons. The summed E-state index contributed by atoms with van der Waals surface area (Å²) in [5.41, 5.74) is 1.56. The van der Waals surface area contributed by atoms with Crippen LogP contribution in [0.5, 0.6) is 0 Å². The van der Waals surface area contributed by atoms with Crippen molar-refractivity contribution in [3.05, 3.63) is 112 Å². The van der Waals surface area contributed by atoms with Gasteiger partial charge in [0.15, 0.2) is 5.11 Å². The van der Waals surface area contributed by atoms with E-state index >= 15 is 0 Å². The van der Waals surface area contributed by atoms with Crippen molar-refractivity contribution < 1.29 is 13.7 Å². The smallest absolute Gasteiger partial charge is 0.270 e. The Kier molecular flexibility index (Phi) is 5.31. The molecular formula is C24H17FN4O3S. The number of benzene rings is 2. The molecule has 7 nitrogen and oxygen atoms in total. The molecule has 9 heteroatoms. The van der Waals surface area contributed by atoms with E-state index in [0.29, 0.717) is 27.9 Å². The third-order valence-electron chi connectivity index (χ3n) is 5.47. The monoisotopic (exact) mass is 460 g/mol. The number of non-ortho nitro benzene ring substituents is 1. The molecule has 2 atom stereocenters. The van der Waals surface area contributed by atoms with Crippen molar-refractivity contribution in [2.24, 2.45) is 0 Å². The van der Waals surface area contributed by atoms with E-state index in [2.05, 4.69) is 10.3 Å². The summed E-state index contributed by atoms with van der Waals surface area (Å²) in [5.74, 6) is 0.557. The number of furan rings is 1. The van der Waals surface area contributed by atoms with E-state index in [0.717, 1.165) is 5.69 Å². The molecule has 33 heavy (non-hydrogen) atoms. The number of rotatable bonds is 5. The SMILES string of the molecule is O=[N+]([O-])c1cccc(-c2ccc([C@H]3[C@@H](c4ccccn4)NC(=S)N3c3ccccc3F)o2)c1. The number of pyridine rings is 1. The molecule has 3 heterocycles. The molecule has 0 unspecified atom stereocenters. The lowest BCUT2D eigenvalue weighted by Crippen LogP contribution is -2.30. The largest absolute Gasteiger partial charge is 0.459 e. The van der Waals surface area contributed by atoms with Crippen molar-refractivity contribution in [2.75, 3.05) is 4.90 Å². The number of hydrogen-bond acceptors (Lipinski definition) is 5. The van der Waals surface area contributed by atoms with E-state index in [9.17, 15) is 14.5 Å². The number of thiocarbonyl (C=S) groups is 1. The molecule has 2 aromatic heterocycles. The second kappa shape index (κ2) is 8.44. The lowest BCUT2D eigenvalue weighted by molar-refractivity contribution is -0.384. The molecule has 0 saturated carbocycles. The van der Waals surface area contributed by atoms with Crippen LogP contribution in [0.4, 0.5) is 15.8 Å². The van der Waals surface area contributed by atoms with Gasteiger partial charge in [-0.3, -0.25) is 15.1 Å². The lowest BCUT2D eigenvalue weighted by atomic mass is 10.0. The van der Waals surface area contributed by atoms with Crippen molar-refractivity contribution in [1.29, 1.82) is 0 Å². The maximum atomic E-state index is 14.8. The van der Waals surface area contributed by atoms with Gasteiger partial charge in [0.2, 0.25) is 0 Å². The number of halogens is 1. The third kappa shape index (κ3) is 3.83. The van der Waals surface area contributed by atoms with Crippen LogP contribution in [0.25, 0.3) is 11.3 Å². The number of nitro groups is 1. The predicted molar refractivity (Wildman–Crippen MR) is 125 cm³/mol. The molecule has 1 aliphatic heterocycles. The van der Waals surface area contributed by atoms with E-state index in [-0.39, 0.29) is 5.69 Å². The van der Waals surface area contributed by atoms with Gasteiger partial charge in [-0.05, 0) is 48.6 Å². The second-order valence-corrected chi connectivity index (χ2v) is 7.84. The first-order valence-electron chi connectivity index (χ1n) is 10.1. The van der Waals surface area contributed by atoms with Gasteiger partial charge in [-0.2, -0.15) is 0 Å². The molecule has 0 spiro atoms. The zero-order chi connectivity index (χ0) is 22.9. The zero-order valence-corrected chi connectivity index (χ0v) is 17.9. The number of nitrogens with one attached hydrogen (secondary N) is 1. The molecule has 0 radical (unpaired) electrons. The Morgan fingerprint density at radius 1 is 1.06 bits per heavy atom. The average molecular weight is 460 g/mol. The fourth-order valence-electron chi connectivity index (χ4n) is 3.99. The van der Waals surface area contributed by atoms with E-state index in [4.69, 9.17) is 16.6 Å². The van der Waals surface area contributed by atoms with Crippen molar-refractivity contribution in [1.82, 2.24) is 10.3 Å². The van der Waals surface area contributed by atoms with E-state index < -0.39 is 22.8 Å². The Morgan fingerprint density at radius 3 is 2.64 bits per heavy atom. The van der Waals surface area contributed by atoms with Crippen LogP contribution in [0.3, 0.4) is 0 Å². The van der Waals surface area contributed by atoms with Gasteiger partial charge in [-0.15, -0.1) is 0 Å². The first kappa shape index (κ1) is 20.8. The summed E-state index contributed by atoms with van der Waals surface area (Å²) >= 11 is 5.59. The number of hydrogen-bond donors (Lipinski definition) is 1. The van der Waals surface area contributed by atoms with Crippen molar-refractivity contribution in [2.45, 2.75) is 12.1 Å². The molecule has 1 saturated heterocycles. The number of aromatic nitrogens is 1. The molecule has 1 N–H and O–H groups in total. The molecular weight excluding hydrogens is 443 g/mol. The normalized spacial score (nSPS) is 17.7. The van der Waals surface area contributed by atoms with Crippen LogP contribution in [0, 0.1) is 15.9 Å². The minimum Gasteiger partial charge on any atom is -0.459 e. The number of nitro benzene ring substituents is 1. The number of para-hydroxylation sites is 1. The topological polar surface area (TPSA) is 84.4 Å². The summed E-state index contributed by atoms with van der Waals surface area (Å²) in [6.07, 6.45) is 1.68. The van der Waals surface area contributed by atoms with Crippen LogP contribution < -0.4 is 10.2 Å². The quantitative estimate of drug-likeness (QED) is 0.237. The Hall–Kier alpha value is -4.11. The summed E-state index contributed by atoms with van der Waals surface area (Å²) in [4.78, 5) is 16.9. The average Bonchev–Trinajstić information content (AvgIpc) is 3.45. The van der Waals surface area contributed by atoms with Crippen LogP contribution in [0.2, 0.25) is 0 Å². The summed E-state index contributed by atoms with van der Waals surface area (Å²) in [7, 11) is 0. The third-order valence-corrected chi connectivity index (χ3v) is 5.78. The molecule has 2 aromatic carbocycles. The summed E-state index contributed by atoms with van der Waals surface area (Å²) < 4.78 is 21.0. The highest BCUT2D eigenvalue weighted by atomic mass is 32.1. The fraction of sp³-hybridized carbons (Fsp3) is 0.0833. The summed E-state index contributed by atoms with van der Waals surface area (Å²) in [6.45, 7) is 0. The maximum absolute atomic E-state index is 14.8. The van der Waals surface area contributed by atoms with Crippen LogP contribution >= 0.6 is 12.2 Å². The van der Waals surface area contributed by atoms with Crippen LogP contribution in [0.1, 0.15) is 23.5 Å². The standard InChI is InChI=1S/C24H17FN4O3S/c25-17-8-1-2-10-19(17)28-23(22(27-24(28)33)18-9-3-4-13-26-18)21-12-11-20(32-21)15-6-5-7-16(14-15)29(30)31/h1-14,22-23H,(H,27,33)/t22-,23+/m1/s1. The van der Waals surface area contributed by atoms with Crippen LogP contribution in [0.15, 0.2) is 89.5 Å². The van der Waals surface area contributed by atoms with Crippen molar-refractivity contribution in [3.8, 4) is 11.3 Å². The first-order chi connectivity index (χ1) is 16.0. The van der Waals surface area contributed by atoms with Gasteiger partial charge < -0.3 is 14.6 Å². The maximum Gasteiger partial charge on any atom is 0.270 e. The Labute approximate surface area is 193 Å². The minimum absolute atomic E-state index is 0.0338. The molecule has 1 fully saturated rings. The van der Waals surface area contributed by atoms with Gasteiger partial charge in [0.1, 0.15) is 23.4 Å². The second-order valence-electron chi connectivity index (χ2n) is 7.46. The van der Waals surface area contributed by atoms with E-state index in [1.54, 1.807) is 53.6 Å². The molecule has 0 aliphatic carbocycles. The van der Waals surface area contributed by atoms with E-state index in [1.165, 1.54) is 18.2 Å². The Morgan fingerprint density at radius 2 is 1.88 bits per heavy atom. The van der Waals surface area contributed by atoms with Gasteiger partial charge in [0, 0.05) is 23.9 Å². The molecule has 1 aliphatic rings. The van der Waals surface area contributed by atoms with Crippen LogP contribution in [-0.4, -0.2) is 15.0 Å². The Balaban J connectivity index is 1.60. The van der Waals surface area contributed by atoms with Gasteiger partial charge in [-0.1, -0.05) is 30.3 Å². The van der Waals surface area contributed by atoms with Crippen molar-refractivity contribution >= 4 is 28.7 Å². The first-order valence-corrected chi connectivity index (χ1v) is 10.5. The minimum atomic E-state index is -0.531. The predicted octanol–water partition coefficient (Wildman–Crippen LogP) is 5.57. The Bertz CT molecular complexity index is 1340. The highest BCUT2D eigenvalue weighted by molar-refractivity contribution is 7.80. The molecule has 4 aromatic rings. The summed E-state index contributed by atoms with van der Waals surface area (Å²) in [5, 5.41) is 14.8. The number of anilines is 1. The lowest BCUT2D eigenvalue weighted by Gasteiger charge is -2.26. The number of nitrogens with zero attached hydrogens (tertiary/aromatic N) is 3. The summed E-state index contributed by atoms with van der Waals surface area (Å²) in [6, 6.07) is 20.7. The fourth-order valence-corrected chi connectivity index (χ4v) is 4.33. The van der Waals surface area contributed by atoms with Gasteiger partial charge in [0.25, 0.3) is 5.69 Å². The molecule has 5 rings (SSSR count). The van der Waals surface area contributed by atoms with Crippen LogP contribution in [-0.2, 0) is 0 Å². The van der Waals surface area contributed by atoms with Gasteiger partial charge in [0.05, 0.1) is 22.3 Å². The highest BCUT2D eigenvalue weighted by Crippen LogP contribution is 2.43. The van der Waals surface area contributed by atoms with Gasteiger partial charge >= 0.3 is 0 Å². The highest BCUT2D eigenvalue weighted by Gasteiger charge is 2.43. The molecule has 0 amide bonds. The zero-order valence-electron chi connectivity index (χ0n) is 17.1.